The number of allylic oxidation sites excluding steroid dienone is 2. The van der Waals surface area contributed by atoms with Gasteiger partial charge in [-0.1, -0.05) is 12.1 Å². The van der Waals surface area contributed by atoms with Gasteiger partial charge in [0.05, 0.1) is 43.2 Å². The lowest BCUT2D eigenvalue weighted by molar-refractivity contribution is -0.171. The van der Waals surface area contributed by atoms with Gasteiger partial charge >= 0.3 is 0 Å². The summed E-state index contributed by atoms with van der Waals surface area (Å²) in [5, 5.41) is 33.0. The van der Waals surface area contributed by atoms with Crippen molar-refractivity contribution in [2.24, 2.45) is 0 Å². The number of nitriles is 1. The van der Waals surface area contributed by atoms with E-state index in [-0.39, 0.29) is 6.61 Å². The standard InChI is InChI=1S/C22H27N3O4/c23-13-17(11-15-1-5-18(6-2-15)25-7-9-28-10-8-25)21(16-3-4-16)24-20-12-19(26)14-29-22(20)27/h1-2,5-6,11,19-20,22,24,26-27H,3-4,7-10,12,14H2/b17-11+. The van der Waals surface area contributed by atoms with E-state index in [1.807, 2.05) is 18.2 Å². The molecular formula is C22H27N3O4. The Labute approximate surface area is 170 Å². The van der Waals surface area contributed by atoms with Crippen LogP contribution in [0.1, 0.15) is 24.8 Å². The van der Waals surface area contributed by atoms with Crippen molar-refractivity contribution in [1.82, 2.24) is 5.32 Å². The van der Waals surface area contributed by atoms with Crippen molar-refractivity contribution < 1.29 is 19.7 Å². The van der Waals surface area contributed by atoms with Crippen LogP contribution >= 0.6 is 0 Å². The number of benzene rings is 1. The highest BCUT2D eigenvalue weighted by atomic mass is 16.6. The predicted octanol–water partition coefficient (Wildman–Crippen LogP) is 1.54. The molecule has 1 aliphatic carbocycles. The van der Waals surface area contributed by atoms with E-state index in [0.29, 0.717) is 12.0 Å². The lowest BCUT2D eigenvalue weighted by atomic mass is 10.0. The quantitative estimate of drug-likeness (QED) is 0.648. The number of ether oxygens (including phenoxy) is 2. The second kappa shape index (κ2) is 8.97. The molecule has 2 aliphatic heterocycles. The largest absolute Gasteiger partial charge is 0.391 e. The number of nitrogens with zero attached hydrogens (tertiary/aromatic N) is 2. The highest BCUT2D eigenvalue weighted by molar-refractivity contribution is 5.66. The molecule has 3 unspecified atom stereocenters. The highest BCUT2D eigenvalue weighted by Crippen LogP contribution is 2.35. The van der Waals surface area contributed by atoms with Gasteiger partial charge in [-0.15, -0.1) is 0 Å². The van der Waals surface area contributed by atoms with Crippen LogP contribution in [-0.2, 0) is 9.47 Å². The molecule has 7 heteroatoms. The number of hydrogen-bond acceptors (Lipinski definition) is 7. The molecule has 4 rings (SSSR count). The average Bonchev–Trinajstić information content (AvgIpc) is 3.59. The van der Waals surface area contributed by atoms with E-state index >= 15 is 0 Å². The Morgan fingerprint density at radius 3 is 2.55 bits per heavy atom. The van der Waals surface area contributed by atoms with Crippen LogP contribution in [0.2, 0.25) is 0 Å². The number of aliphatic hydroxyl groups is 2. The summed E-state index contributed by atoms with van der Waals surface area (Å²) in [7, 11) is 0. The van der Waals surface area contributed by atoms with E-state index < -0.39 is 18.4 Å². The summed E-state index contributed by atoms with van der Waals surface area (Å²) in [4.78, 5) is 2.29. The van der Waals surface area contributed by atoms with Gasteiger partial charge in [-0.2, -0.15) is 5.26 Å². The monoisotopic (exact) mass is 397 g/mol. The molecule has 0 amide bonds. The van der Waals surface area contributed by atoms with Crippen LogP contribution in [0.4, 0.5) is 5.69 Å². The summed E-state index contributed by atoms with van der Waals surface area (Å²) < 4.78 is 10.6. The van der Waals surface area contributed by atoms with Crippen LogP contribution in [0, 0.1) is 11.3 Å². The third-order valence-electron chi connectivity index (χ3n) is 5.48. The lowest BCUT2D eigenvalue weighted by Gasteiger charge is -2.32. The minimum atomic E-state index is -1.000. The molecule has 29 heavy (non-hydrogen) atoms. The van der Waals surface area contributed by atoms with Gasteiger partial charge in [0.25, 0.3) is 0 Å². The molecule has 1 aromatic rings. The highest BCUT2D eigenvalue weighted by Gasteiger charge is 2.32. The second-order valence-corrected chi connectivity index (χ2v) is 7.70. The third kappa shape index (κ3) is 4.98. The Bertz CT molecular complexity index is 815. The van der Waals surface area contributed by atoms with Crippen molar-refractivity contribution in [3.63, 3.8) is 0 Å². The first-order chi connectivity index (χ1) is 14.1. The van der Waals surface area contributed by atoms with Crippen LogP contribution in [0.3, 0.4) is 0 Å². The zero-order chi connectivity index (χ0) is 20.2. The number of anilines is 1. The van der Waals surface area contributed by atoms with Crippen LogP contribution in [0.25, 0.3) is 6.08 Å². The Hall–Kier alpha value is -2.37. The zero-order valence-corrected chi connectivity index (χ0v) is 16.4. The Morgan fingerprint density at radius 1 is 1.17 bits per heavy atom. The molecule has 2 saturated heterocycles. The van der Waals surface area contributed by atoms with Crippen molar-refractivity contribution in [2.75, 3.05) is 37.8 Å². The van der Waals surface area contributed by atoms with Gasteiger partial charge in [0, 0.05) is 25.2 Å². The molecule has 3 fully saturated rings. The van der Waals surface area contributed by atoms with Gasteiger partial charge in [0.1, 0.15) is 6.07 Å². The molecule has 154 valence electrons. The molecule has 0 spiro atoms. The SMILES string of the molecule is N#C/C(=C\c1ccc(N2CCOCC2)cc1)C(NC1CC(O)COC1O)=C1CC1. The van der Waals surface area contributed by atoms with Crippen LogP contribution in [0.5, 0.6) is 0 Å². The van der Waals surface area contributed by atoms with Crippen molar-refractivity contribution >= 4 is 11.8 Å². The Balaban J connectivity index is 1.51. The summed E-state index contributed by atoms with van der Waals surface area (Å²) in [6, 6.07) is 10.0. The number of aliphatic hydroxyl groups excluding tert-OH is 2. The predicted molar refractivity (Wildman–Crippen MR) is 109 cm³/mol. The van der Waals surface area contributed by atoms with Gasteiger partial charge in [-0.3, -0.25) is 0 Å². The third-order valence-corrected chi connectivity index (χ3v) is 5.48. The van der Waals surface area contributed by atoms with Gasteiger partial charge in [-0.25, -0.2) is 0 Å². The summed E-state index contributed by atoms with van der Waals surface area (Å²) in [5.41, 5.74) is 4.55. The fourth-order valence-corrected chi connectivity index (χ4v) is 3.73. The normalized spacial score (nSPS) is 27.3. The van der Waals surface area contributed by atoms with Crippen molar-refractivity contribution in [3.8, 4) is 6.07 Å². The molecule has 0 radical (unpaired) electrons. The van der Waals surface area contributed by atoms with Gasteiger partial charge in [0.2, 0.25) is 0 Å². The van der Waals surface area contributed by atoms with Crippen molar-refractivity contribution in [3.05, 3.63) is 46.7 Å². The Kier molecular flexibility index (Phi) is 6.16. The molecule has 2 heterocycles. The molecule has 3 N–H and O–H groups in total. The maximum Gasteiger partial charge on any atom is 0.175 e. The molecule has 3 aliphatic rings. The summed E-state index contributed by atoms with van der Waals surface area (Å²) in [6.45, 7) is 3.39. The molecule has 7 nitrogen and oxygen atoms in total. The van der Waals surface area contributed by atoms with Crippen molar-refractivity contribution in [2.45, 2.75) is 37.7 Å². The van der Waals surface area contributed by atoms with Gasteiger partial charge < -0.3 is 29.9 Å². The lowest BCUT2D eigenvalue weighted by Crippen LogP contribution is -2.48. The van der Waals surface area contributed by atoms with E-state index in [0.717, 1.165) is 61.7 Å². The van der Waals surface area contributed by atoms with E-state index in [4.69, 9.17) is 9.47 Å². The van der Waals surface area contributed by atoms with Crippen molar-refractivity contribution in [1.29, 1.82) is 5.26 Å². The molecule has 3 atom stereocenters. The average molecular weight is 397 g/mol. The smallest absolute Gasteiger partial charge is 0.175 e. The molecule has 1 saturated carbocycles. The van der Waals surface area contributed by atoms with Crippen LogP contribution in [-0.4, -0.2) is 61.6 Å². The number of rotatable bonds is 5. The Morgan fingerprint density at radius 2 is 1.90 bits per heavy atom. The molecule has 0 bridgehead atoms. The molecule has 1 aromatic carbocycles. The van der Waals surface area contributed by atoms with Gasteiger partial charge in [0.15, 0.2) is 6.29 Å². The minimum absolute atomic E-state index is 0.127. The fourth-order valence-electron chi connectivity index (χ4n) is 3.73. The first kappa shape index (κ1) is 19.9. The molecular weight excluding hydrogens is 370 g/mol. The first-order valence-corrected chi connectivity index (χ1v) is 10.2. The first-order valence-electron chi connectivity index (χ1n) is 10.2. The maximum atomic E-state index is 10.1. The maximum absolute atomic E-state index is 10.1. The zero-order valence-electron chi connectivity index (χ0n) is 16.4. The fraction of sp³-hybridized carbons (Fsp3) is 0.500. The van der Waals surface area contributed by atoms with Gasteiger partial charge in [-0.05, 0) is 42.2 Å². The van der Waals surface area contributed by atoms with Crippen LogP contribution < -0.4 is 10.2 Å². The van der Waals surface area contributed by atoms with E-state index in [2.05, 4.69) is 28.4 Å². The van der Waals surface area contributed by atoms with E-state index in [1.165, 1.54) is 0 Å². The number of nitrogens with one attached hydrogen (secondary N) is 1. The van der Waals surface area contributed by atoms with E-state index in [1.54, 1.807) is 0 Å². The summed E-state index contributed by atoms with van der Waals surface area (Å²) in [5.74, 6) is 0. The topological polar surface area (TPSA) is 98.0 Å². The second-order valence-electron chi connectivity index (χ2n) is 7.70. The molecule has 0 aromatic heterocycles. The minimum Gasteiger partial charge on any atom is -0.391 e. The summed E-state index contributed by atoms with van der Waals surface area (Å²) in [6.07, 6.45) is 2.49. The van der Waals surface area contributed by atoms with Crippen LogP contribution in [0.15, 0.2) is 41.1 Å². The number of hydrogen-bond donors (Lipinski definition) is 3. The number of morpholine rings is 1. The van der Waals surface area contributed by atoms with E-state index in [9.17, 15) is 15.5 Å². The summed E-state index contributed by atoms with van der Waals surface area (Å²) >= 11 is 0.